The fraction of sp³-hybridized carbons (Fsp3) is 0.650. The number of hydrogen-bond donors (Lipinski definition) is 2. The number of hydrogen-bond acceptors (Lipinski definition) is 5. The summed E-state index contributed by atoms with van der Waals surface area (Å²) in [5, 5.41) is 6.62. The molecule has 0 heterocycles. The Morgan fingerprint density at radius 2 is 1.68 bits per heavy atom. The van der Waals surface area contributed by atoms with Crippen molar-refractivity contribution < 1.29 is 18.9 Å². The normalized spacial score (nSPS) is 14.4. The van der Waals surface area contributed by atoms with Crippen molar-refractivity contribution in [3.63, 3.8) is 0 Å². The number of halogens is 1. The van der Waals surface area contributed by atoms with Crippen molar-refractivity contribution >= 4 is 29.9 Å². The number of rotatable bonds is 10. The predicted molar refractivity (Wildman–Crippen MR) is 123 cm³/mol. The lowest BCUT2D eigenvalue weighted by Crippen LogP contribution is -2.37. The van der Waals surface area contributed by atoms with Crippen molar-refractivity contribution in [2.75, 3.05) is 41.5 Å². The quantitative estimate of drug-likeness (QED) is 0.219. The summed E-state index contributed by atoms with van der Waals surface area (Å²) < 4.78 is 22.0. The van der Waals surface area contributed by atoms with Crippen LogP contribution >= 0.6 is 24.0 Å². The summed E-state index contributed by atoms with van der Waals surface area (Å²) in [7, 11) is 6.59. The number of aliphatic imine (C=N–C) groups is 1. The third-order valence-corrected chi connectivity index (χ3v) is 4.68. The van der Waals surface area contributed by atoms with Crippen LogP contribution in [0.2, 0.25) is 0 Å². The van der Waals surface area contributed by atoms with Crippen molar-refractivity contribution in [1.29, 1.82) is 0 Å². The molecule has 0 saturated heterocycles. The molecule has 1 aliphatic carbocycles. The van der Waals surface area contributed by atoms with E-state index >= 15 is 0 Å². The summed E-state index contributed by atoms with van der Waals surface area (Å²) >= 11 is 0. The first-order valence-electron chi connectivity index (χ1n) is 9.56. The van der Waals surface area contributed by atoms with Gasteiger partial charge in [0.1, 0.15) is 0 Å². The highest BCUT2D eigenvalue weighted by atomic mass is 127. The lowest BCUT2D eigenvalue weighted by atomic mass is 10.2. The highest BCUT2D eigenvalue weighted by molar-refractivity contribution is 14.0. The highest BCUT2D eigenvalue weighted by Crippen LogP contribution is 2.38. The predicted octanol–water partition coefficient (Wildman–Crippen LogP) is 3.34. The van der Waals surface area contributed by atoms with Crippen LogP contribution in [0.4, 0.5) is 0 Å². The molecule has 1 aromatic carbocycles. The Bertz CT molecular complexity index is 582. The summed E-state index contributed by atoms with van der Waals surface area (Å²) in [4.78, 5) is 4.26. The molecule has 0 aromatic heterocycles. The average molecular weight is 507 g/mol. The van der Waals surface area contributed by atoms with Gasteiger partial charge in [0.2, 0.25) is 5.75 Å². The molecule has 2 rings (SSSR count). The maximum absolute atomic E-state index is 5.88. The first-order valence-corrected chi connectivity index (χ1v) is 9.56. The number of nitrogens with one attached hydrogen (secondary N) is 2. The number of methoxy groups -OCH3 is 3. The maximum Gasteiger partial charge on any atom is 0.203 e. The van der Waals surface area contributed by atoms with Crippen LogP contribution in [0.3, 0.4) is 0 Å². The standard InChI is InChI=1S/C20H33N3O4.HI/c1-21-20(22-10-7-11-27-16-8-5-6-9-16)23-14-15-12-17(24-2)19(26-4)18(13-15)25-3;/h12-13,16H,5-11,14H2,1-4H3,(H2,21,22,23);1H. The molecule has 1 aliphatic rings. The van der Waals surface area contributed by atoms with Crippen molar-refractivity contribution in [1.82, 2.24) is 10.6 Å². The lowest BCUT2D eigenvalue weighted by molar-refractivity contribution is 0.0574. The second-order valence-electron chi connectivity index (χ2n) is 6.52. The summed E-state index contributed by atoms with van der Waals surface area (Å²) in [5.41, 5.74) is 1.01. The Kier molecular flexibility index (Phi) is 12.1. The van der Waals surface area contributed by atoms with Gasteiger partial charge in [-0.3, -0.25) is 4.99 Å². The molecule has 7 nitrogen and oxygen atoms in total. The molecule has 160 valence electrons. The van der Waals surface area contributed by atoms with E-state index in [1.165, 1.54) is 25.7 Å². The van der Waals surface area contributed by atoms with E-state index in [-0.39, 0.29) is 24.0 Å². The molecule has 0 spiro atoms. The van der Waals surface area contributed by atoms with Crippen LogP contribution in [-0.4, -0.2) is 53.6 Å². The number of guanidine groups is 1. The van der Waals surface area contributed by atoms with Gasteiger partial charge in [0.05, 0.1) is 27.4 Å². The maximum atomic E-state index is 5.88. The summed E-state index contributed by atoms with van der Waals surface area (Å²) in [6.45, 7) is 2.21. The van der Waals surface area contributed by atoms with Gasteiger partial charge in [0.15, 0.2) is 17.5 Å². The molecule has 28 heavy (non-hydrogen) atoms. The largest absolute Gasteiger partial charge is 0.493 e. The average Bonchev–Trinajstić information content (AvgIpc) is 3.22. The molecule has 1 aromatic rings. The molecule has 0 atom stereocenters. The van der Waals surface area contributed by atoms with Gasteiger partial charge in [-0.1, -0.05) is 12.8 Å². The van der Waals surface area contributed by atoms with Crippen LogP contribution in [0.5, 0.6) is 17.2 Å². The first kappa shape index (κ1) is 24.6. The third kappa shape index (κ3) is 7.54. The highest BCUT2D eigenvalue weighted by Gasteiger charge is 2.15. The van der Waals surface area contributed by atoms with E-state index in [4.69, 9.17) is 18.9 Å². The van der Waals surface area contributed by atoms with Gasteiger partial charge < -0.3 is 29.6 Å². The van der Waals surface area contributed by atoms with Gasteiger partial charge in [0, 0.05) is 26.7 Å². The van der Waals surface area contributed by atoms with E-state index in [1.54, 1.807) is 28.4 Å². The Morgan fingerprint density at radius 1 is 1.04 bits per heavy atom. The second-order valence-corrected chi connectivity index (χ2v) is 6.52. The van der Waals surface area contributed by atoms with Gasteiger partial charge in [0.25, 0.3) is 0 Å². The van der Waals surface area contributed by atoms with Gasteiger partial charge in [-0.2, -0.15) is 0 Å². The van der Waals surface area contributed by atoms with Gasteiger partial charge in [-0.15, -0.1) is 24.0 Å². The summed E-state index contributed by atoms with van der Waals surface area (Å²) in [5.74, 6) is 2.62. The van der Waals surface area contributed by atoms with Crippen molar-refractivity contribution in [3.8, 4) is 17.2 Å². The Balaban J connectivity index is 0.00000392. The lowest BCUT2D eigenvalue weighted by Gasteiger charge is -2.16. The van der Waals surface area contributed by atoms with Crippen molar-refractivity contribution in [2.24, 2.45) is 4.99 Å². The van der Waals surface area contributed by atoms with E-state index in [0.29, 0.717) is 29.9 Å². The molecule has 8 heteroatoms. The minimum Gasteiger partial charge on any atom is -0.493 e. The Labute approximate surface area is 185 Å². The van der Waals surface area contributed by atoms with E-state index in [0.717, 1.165) is 31.1 Å². The Morgan fingerprint density at radius 3 is 2.21 bits per heavy atom. The van der Waals surface area contributed by atoms with E-state index in [9.17, 15) is 0 Å². The molecular formula is C20H34IN3O4. The minimum absolute atomic E-state index is 0. The third-order valence-electron chi connectivity index (χ3n) is 4.68. The van der Waals surface area contributed by atoms with Gasteiger partial charge in [-0.05, 0) is 37.0 Å². The molecule has 0 radical (unpaired) electrons. The molecule has 1 saturated carbocycles. The molecule has 0 unspecified atom stereocenters. The molecule has 0 amide bonds. The molecule has 2 N–H and O–H groups in total. The minimum atomic E-state index is 0. The molecule has 0 bridgehead atoms. The van der Waals surface area contributed by atoms with Crippen molar-refractivity contribution in [2.45, 2.75) is 44.8 Å². The first-order chi connectivity index (χ1) is 13.2. The zero-order chi connectivity index (χ0) is 19.5. The fourth-order valence-corrected chi connectivity index (χ4v) is 3.23. The molecular weight excluding hydrogens is 473 g/mol. The monoisotopic (exact) mass is 507 g/mol. The van der Waals surface area contributed by atoms with E-state index in [2.05, 4.69) is 15.6 Å². The fourth-order valence-electron chi connectivity index (χ4n) is 3.23. The smallest absolute Gasteiger partial charge is 0.203 e. The van der Waals surface area contributed by atoms with Gasteiger partial charge in [-0.25, -0.2) is 0 Å². The van der Waals surface area contributed by atoms with Crippen LogP contribution in [0.1, 0.15) is 37.7 Å². The van der Waals surface area contributed by atoms with Crippen LogP contribution in [0.25, 0.3) is 0 Å². The number of nitrogens with zero attached hydrogens (tertiary/aromatic N) is 1. The second kappa shape index (κ2) is 13.7. The summed E-state index contributed by atoms with van der Waals surface area (Å²) in [6, 6.07) is 3.86. The Hall–Kier alpha value is -1.42. The van der Waals surface area contributed by atoms with Crippen LogP contribution < -0.4 is 24.8 Å². The van der Waals surface area contributed by atoms with Crippen LogP contribution in [0, 0.1) is 0 Å². The zero-order valence-electron chi connectivity index (χ0n) is 17.4. The zero-order valence-corrected chi connectivity index (χ0v) is 19.7. The molecule has 1 fully saturated rings. The summed E-state index contributed by atoms with van der Waals surface area (Å²) in [6.07, 6.45) is 6.47. The van der Waals surface area contributed by atoms with Crippen molar-refractivity contribution in [3.05, 3.63) is 17.7 Å². The van der Waals surface area contributed by atoms with Crippen LogP contribution in [0.15, 0.2) is 17.1 Å². The van der Waals surface area contributed by atoms with E-state index in [1.807, 2.05) is 12.1 Å². The van der Waals surface area contributed by atoms with Crippen LogP contribution in [-0.2, 0) is 11.3 Å². The van der Waals surface area contributed by atoms with E-state index < -0.39 is 0 Å². The molecule has 0 aliphatic heterocycles. The SMILES string of the molecule is CN=C(NCCCOC1CCCC1)NCc1cc(OC)c(OC)c(OC)c1.I. The topological polar surface area (TPSA) is 73.3 Å². The van der Waals surface area contributed by atoms with Gasteiger partial charge >= 0.3 is 0 Å². The number of ether oxygens (including phenoxy) is 4. The number of benzene rings is 1.